The zero-order valence-corrected chi connectivity index (χ0v) is 9.84. The number of halogens is 1. The zero-order chi connectivity index (χ0) is 9.23. The number of ketones is 1. The minimum absolute atomic E-state index is 0.374. The Morgan fingerprint density at radius 1 is 1.33 bits per heavy atom. The molecule has 1 nitrogen and oxygen atoms in total. The molecule has 0 rings (SSSR count). The second-order valence-corrected chi connectivity index (χ2v) is 3.63. The van der Waals surface area contributed by atoms with E-state index in [1.807, 2.05) is 10.2 Å². The molecule has 0 aromatic rings. The van der Waals surface area contributed by atoms with Crippen LogP contribution in [0.2, 0.25) is 0 Å². The molecule has 12 heavy (non-hydrogen) atoms. The molecule has 0 N–H and O–H groups in total. The molecule has 0 saturated heterocycles. The molecule has 0 heterocycles. The standard InChI is InChI=1S/C10H17IO/c1-2-3-4-5-7-10(12)8-6-9-11/h6,9H,2-5,7-8H2,1H3. The van der Waals surface area contributed by atoms with E-state index in [-0.39, 0.29) is 0 Å². The van der Waals surface area contributed by atoms with E-state index in [9.17, 15) is 4.79 Å². The molecule has 0 amide bonds. The van der Waals surface area contributed by atoms with Crippen molar-refractivity contribution in [2.75, 3.05) is 0 Å². The molecule has 0 aliphatic heterocycles. The summed E-state index contributed by atoms with van der Waals surface area (Å²) in [5.74, 6) is 0.374. The van der Waals surface area contributed by atoms with E-state index in [0.717, 1.165) is 12.8 Å². The van der Waals surface area contributed by atoms with Gasteiger partial charge in [0, 0.05) is 12.8 Å². The first-order chi connectivity index (χ1) is 5.81. The van der Waals surface area contributed by atoms with Gasteiger partial charge in [-0.3, -0.25) is 4.79 Å². The highest BCUT2D eigenvalue weighted by atomic mass is 127. The number of carbonyl (C=O) groups excluding carboxylic acids is 1. The number of Topliss-reactive ketones (excluding diaryl/α,β-unsaturated/α-hetero) is 1. The van der Waals surface area contributed by atoms with Gasteiger partial charge in [0.25, 0.3) is 0 Å². The van der Waals surface area contributed by atoms with Gasteiger partial charge >= 0.3 is 0 Å². The van der Waals surface area contributed by atoms with Crippen molar-refractivity contribution in [2.24, 2.45) is 0 Å². The van der Waals surface area contributed by atoms with Gasteiger partial charge in [-0.25, -0.2) is 0 Å². The first-order valence-electron chi connectivity index (χ1n) is 4.58. The maximum Gasteiger partial charge on any atom is 0.136 e. The summed E-state index contributed by atoms with van der Waals surface area (Å²) in [7, 11) is 0. The highest BCUT2D eigenvalue weighted by molar-refractivity contribution is 14.1. The Bertz CT molecular complexity index is 141. The van der Waals surface area contributed by atoms with Crippen LogP contribution in [0.15, 0.2) is 10.2 Å². The highest BCUT2D eigenvalue weighted by Crippen LogP contribution is 2.04. The third-order valence-corrected chi connectivity index (χ3v) is 2.25. The lowest BCUT2D eigenvalue weighted by Gasteiger charge is -1.96. The molecule has 0 aromatic heterocycles. The van der Waals surface area contributed by atoms with Crippen molar-refractivity contribution in [3.63, 3.8) is 0 Å². The first kappa shape index (κ1) is 12.1. The molecule has 0 fully saturated rings. The van der Waals surface area contributed by atoms with Crippen molar-refractivity contribution >= 4 is 28.4 Å². The van der Waals surface area contributed by atoms with E-state index in [4.69, 9.17) is 0 Å². The lowest BCUT2D eigenvalue weighted by molar-refractivity contribution is -0.118. The van der Waals surface area contributed by atoms with Crippen LogP contribution in [-0.4, -0.2) is 5.78 Å². The summed E-state index contributed by atoms with van der Waals surface area (Å²) in [6.07, 6.45) is 8.08. The smallest absolute Gasteiger partial charge is 0.136 e. The maximum atomic E-state index is 11.1. The summed E-state index contributed by atoms with van der Waals surface area (Å²) in [6, 6.07) is 0. The van der Waals surface area contributed by atoms with E-state index in [1.54, 1.807) is 0 Å². The predicted octanol–water partition coefficient (Wildman–Crippen LogP) is 3.86. The van der Waals surface area contributed by atoms with Crippen molar-refractivity contribution in [3.05, 3.63) is 10.2 Å². The molecule has 2 heteroatoms. The molecule has 0 spiro atoms. The van der Waals surface area contributed by atoms with Gasteiger partial charge in [-0.15, -0.1) is 0 Å². The molecule has 0 bridgehead atoms. The van der Waals surface area contributed by atoms with Crippen LogP contribution in [0.5, 0.6) is 0 Å². The molecule has 0 atom stereocenters. The lowest BCUT2D eigenvalue weighted by Crippen LogP contribution is -1.94. The normalized spacial score (nSPS) is 10.8. The summed E-state index contributed by atoms with van der Waals surface area (Å²) in [4.78, 5) is 11.1. The zero-order valence-electron chi connectivity index (χ0n) is 7.68. The molecular formula is C10H17IO. The fraction of sp³-hybridized carbons (Fsp3) is 0.700. The molecule has 0 aliphatic rings. The molecule has 0 unspecified atom stereocenters. The van der Waals surface area contributed by atoms with Gasteiger partial charge in [0.05, 0.1) is 0 Å². The predicted molar refractivity (Wildman–Crippen MR) is 61.5 cm³/mol. The Labute approximate surface area is 88.8 Å². The molecule has 0 radical (unpaired) electrons. The number of hydrogen-bond acceptors (Lipinski definition) is 1. The van der Waals surface area contributed by atoms with Gasteiger partial charge in [0.2, 0.25) is 0 Å². The molecule has 0 saturated carbocycles. The monoisotopic (exact) mass is 280 g/mol. The van der Waals surface area contributed by atoms with Crippen molar-refractivity contribution in [3.8, 4) is 0 Å². The molecule has 70 valence electrons. The second-order valence-electron chi connectivity index (χ2n) is 2.92. The van der Waals surface area contributed by atoms with Gasteiger partial charge in [0.1, 0.15) is 5.78 Å². The van der Waals surface area contributed by atoms with E-state index in [0.29, 0.717) is 12.2 Å². The Hall–Kier alpha value is 0.140. The quantitative estimate of drug-likeness (QED) is 0.511. The van der Waals surface area contributed by atoms with Crippen LogP contribution in [0.1, 0.15) is 45.4 Å². The van der Waals surface area contributed by atoms with Crippen LogP contribution in [0.25, 0.3) is 0 Å². The number of carbonyl (C=O) groups is 1. The van der Waals surface area contributed by atoms with Gasteiger partial charge in [-0.1, -0.05) is 54.9 Å². The lowest BCUT2D eigenvalue weighted by atomic mass is 10.1. The summed E-state index contributed by atoms with van der Waals surface area (Å²) >= 11 is 2.14. The van der Waals surface area contributed by atoms with Crippen molar-refractivity contribution in [2.45, 2.75) is 45.4 Å². The molecule has 0 aromatic carbocycles. The fourth-order valence-corrected chi connectivity index (χ4v) is 1.28. The van der Waals surface area contributed by atoms with E-state index in [2.05, 4.69) is 29.5 Å². The molecular weight excluding hydrogens is 263 g/mol. The van der Waals surface area contributed by atoms with E-state index >= 15 is 0 Å². The van der Waals surface area contributed by atoms with Crippen LogP contribution >= 0.6 is 22.6 Å². The third kappa shape index (κ3) is 8.24. The van der Waals surface area contributed by atoms with Crippen LogP contribution in [-0.2, 0) is 4.79 Å². The maximum absolute atomic E-state index is 11.1. The van der Waals surface area contributed by atoms with Crippen molar-refractivity contribution in [1.82, 2.24) is 0 Å². The average molecular weight is 280 g/mol. The second kappa shape index (κ2) is 9.23. The SMILES string of the molecule is CCCCCCC(=O)CC=CI. The highest BCUT2D eigenvalue weighted by Gasteiger charge is 1.97. The average Bonchev–Trinajstić information content (AvgIpc) is 2.09. The van der Waals surface area contributed by atoms with Gasteiger partial charge < -0.3 is 0 Å². The summed E-state index contributed by atoms with van der Waals surface area (Å²) in [6.45, 7) is 2.18. The van der Waals surface area contributed by atoms with Crippen LogP contribution in [0.3, 0.4) is 0 Å². The summed E-state index contributed by atoms with van der Waals surface area (Å²) < 4.78 is 1.90. The third-order valence-electron chi connectivity index (χ3n) is 1.74. The van der Waals surface area contributed by atoms with Crippen molar-refractivity contribution < 1.29 is 4.79 Å². The minimum Gasteiger partial charge on any atom is -0.299 e. The van der Waals surface area contributed by atoms with Crippen LogP contribution in [0, 0.1) is 0 Å². The topological polar surface area (TPSA) is 17.1 Å². The number of allylic oxidation sites excluding steroid dienone is 1. The molecule has 0 aliphatic carbocycles. The number of unbranched alkanes of at least 4 members (excludes halogenated alkanes) is 3. The van der Waals surface area contributed by atoms with E-state index in [1.165, 1.54) is 19.3 Å². The van der Waals surface area contributed by atoms with Gasteiger partial charge in [0.15, 0.2) is 0 Å². The summed E-state index contributed by atoms with van der Waals surface area (Å²) in [5, 5.41) is 0. The van der Waals surface area contributed by atoms with E-state index < -0.39 is 0 Å². The Kier molecular flexibility index (Phi) is 9.34. The van der Waals surface area contributed by atoms with Crippen molar-refractivity contribution in [1.29, 1.82) is 0 Å². The van der Waals surface area contributed by atoms with Crippen LogP contribution < -0.4 is 0 Å². The first-order valence-corrected chi connectivity index (χ1v) is 5.82. The van der Waals surface area contributed by atoms with Gasteiger partial charge in [-0.2, -0.15) is 0 Å². The Morgan fingerprint density at radius 3 is 2.67 bits per heavy atom. The van der Waals surface area contributed by atoms with Gasteiger partial charge in [-0.05, 0) is 10.5 Å². The number of hydrogen-bond donors (Lipinski definition) is 0. The number of rotatable bonds is 7. The Balaban J connectivity index is 3.20. The van der Waals surface area contributed by atoms with Crippen LogP contribution in [0.4, 0.5) is 0 Å². The largest absolute Gasteiger partial charge is 0.299 e. The minimum atomic E-state index is 0.374. The summed E-state index contributed by atoms with van der Waals surface area (Å²) in [5.41, 5.74) is 0. The Morgan fingerprint density at radius 2 is 2.08 bits per heavy atom. The fourth-order valence-electron chi connectivity index (χ4n) is 1.03.